The number of hydrogen-bond donors (Lipinski definition) is 1. The first-order valence-corrected chi connectivity index (χ1v) is 7.55. The molecule has 0 aliphatic carbocycles. The Bertz CT molecular complexity index is 390. The molecular weight excluding hydrogens is 242 g/mol. The van der Waals surface area contributed by atoms with Crippen LogP contribution in [0.25, 0.3) is 0 Å². The van der Waals surface area contributed by atoms with Gasteiger partial charge in [-0.1, -0.05) is 20.8 Å². The van der Waals surface area contributed by atoms with Crippen molar-refractivity contribution in [2.24, 2.45) is 0 Å². The lowest BCUT2D eigenvalue weighted by atomic mass is 10.1. The molecule has 0 radical (unpaired) electrons. The second-order valence-corrected chi connectivity index (χ2v) is 5.21. The summed E-state index contributed by atoms with van der Waals surface area (Å²) in [7, 11) is 0. The topological polar surface area (TPSA) is 24.0 Å². The van der Waals surface area contributed by atoms with Gasteiger partial charge in [0.1, 0.15) is 0 Å². The van der Waals surface area contributed by atoms with Crippen molar-refractivity contribution in [1.82, 2.24) is 14.5 Å². The second kappa shape index (κ2) is 7.74. The zero-order valence-corrected chi connectivity index (χ0v) is 13.0. The Kier molecular flexibility index (Phi) is 6.65. The van der Waals surface area contributed by atoms with E-state index in [2.05, 4.69) is 42.1 Å². The molecule has 104 valence electrons. The van der Waals surface area contributed by atoms with Gasteiger partial charge in [-0.3, -0.25) is 0 Å². The fourth-order valence-corrected chi connectivity index (χ4v) is 2.81. The fourth-order valence-electron chi connectivity index (χ4n) is 2.45. The Labute approximate surface area is 116 Å². The molecule has 0 spiro atoms. The molecule has 0 aliphatic heterocycles. The molecular formula is C14H27N3S. The SMILES string of the molecule is CCc1c[nH]c(=S)n1C(C)CCCN(CC)CC. The van der Waals surface area contributed by atoms with E-state index in [4.69, 9.17) is 12.2 Å². The minimum atomic E-state index is 0.495. The van der Waals surface area contributed by atoms with E-state index in [-0.39, 0.29) is 0 Å². The van der Waals surface area contributed by atoms with Crippen LogP contribution in [0.15, 0.2) is 6.20 Å². The van der Waals surface area contributed by atoms with Crippen molar-refractivity contribution < 1.29 is 0 Å². The molecule has 1 unspecified atom stereocenters. The molecule has 0 saturated carbocycles. The number of aromatic nitrogens is 2. The summed E-state index contributed by atoms with van der Waals surface area (Å²) in [6, 6.07) is 0.495. The van der Waals surface area contributed by atoms with Crippen LogP contribution in [-0.4, -0.2) is 34.1 Å². The third kappa shape index (κ3) is 3.95. The van der Waals surface area contributed by atoms with Crippen molar-refractivity contribution in [3.05, 3.63) is 16.7 Å². The van der Waals surface area contributed by atoms with Crippen LogP contribution in [0.5, 0.6) is 0 Å². The van der Waals surface area contributed by atoms with Gasteiger partial charge < -0.3 is 14.5 Å². The normalized spacial score (nSPS) is 13.2. The van der Waals surface area contributed by atoms with E-state index >= 15 is 0 Å². The third-order valence-corrected chi connectivity index (χ3v) is 4.00. The molecule has 3 nitrogen and oxygen atoms in total. The zero-order valence-electron chi connectivity index (χ0n) is 12.2. The van der Waals surface area contributed by atoms with Gasteiger partial charge in [0.05, 0.1) is 0 Å². The highest BCUT2D eigenvalue weighted by Gasteiger charge is 2.10. The molecule has 0 aromatic carbocycles. The molecule has 0 fully saturated rings. The Hall–Kier alpha value is -0.610. The lowest BCUT2D eigenvalue weighted by Crippen LogP contribution is -2.24. The summed E-state index contributed by atoms with van der Waals surface area (Å²) in [5, 5.41) is 0. The van der Waals surface area contributed by atoms with Crippen LogP contribution in [0.4, 0.5) is 0 Å². The molecule has 1 atom stereocenters. The Morgan fingerprint density at radius 2 is 2.00 bits per heavy atom. The van der Waals surface area contributed by atoms with Crippen molar-refractivity contribution >= 4 is 12.2 Å². The summed E-state index contributed by atoms with van der Waals surface area (Å²) in [6.07, 6.45) is 5.51. The molecule has 1 aromatic rings. The van der Waals surface area contributed by atoms with Crippen LogP contribution in [-0.2, 0) is 6.42 Å². The lowest BCUT2D eigenvalue weighted by Gasteiger charge is -2.20. The predicted molar refractivity (Wildman–Crippen MR) is 80.7 cm³/mol. The molecule has 18 heavy (non-hydrogen) atoms. The summed E-state index contributed by atoms with van der Waals surface area (Å²) in [5.41, 5.74) is 1.32. The molecule has 1 N–H and O–H groups in total. The minimum absolute atomic E-state index is 0.495. The van der Waals surface area contributed by atoms with Gasteiger partial charge in [-0.2, -0.15) is 0 Å². The fraction of sp³-hybridized carbons (Fsp3) is 0.786. The van der Waals surface area contributed by atoms with Gasteiger partial charge in [-0.15, -0.1) is 0 Å². The molecule has 4 heteroatoms. The van der Waals surface area contributed by atoms with Crippen molar-refractivity contribution in [2.75, 3.05) is 19.6 Å². The number of hydrogen-bond acceptors (Lipinski definition) is 2. The summed E-state index contributed by atoms with van der Waals surface area (Å²) in [5.74, 6) is 0. The number of H-pyrrole nitrogens is 1. The van der Waals surface area contributed by atoms with Gasteiger partial charge in [-0.05, 0) is 58.0 Å². The number of nitrogens with zero attached hydrogens (tertiary/aromatic N) is 2. The van der Waals surface area contributed by atoms with Crippen LogP contribution in [0.3, 0.4) is 0 Å². The van der Waals surface area contributed by atoms with E-state index in [1.54, 1.807) is 0 Å². The standard InChI is InChI=1S/C14H27N3S/c1-5-13-11-15-14(18)17(13)12(4)9-8-10-16(6-2)7-3/h11-12H,5-10H2,1-4H3,(H,15,18). The largest absolute Gasteiger partial charge is 0.337 e. The van der Waals surface area contributed by atoms with Gasteiger partial charge in [-0.25, -0.2) is 0 Å². The quantitative estimate of drug-likeness (QED) is 0.726. The first-order chi connectivity index (χ1) is 8.63. The van der Waals surface area contributed by atoms with Crippen molar-refractivity contribution in [3.8, 4) is 0 Å². The van der Waals surface area contributed by atoms with Crippen LogP contribution in [0.1, 0.15) is 52.3 Å². The molecule has 1 rings (SSSR count). The van der Waals surface area contributed by atoms with E-state index in [1.807, 2.05) is 6.20 Å². The molecule has 1 aromatic heterocycles. The summed E-state index contributed by atoms with van der Waals surface area (Å²) in [6.45, 7) is 12.4. The van der Waals surface area contributed by atoms with Gasteiger partial charge in [0.25, 0.3) is 0 Å². The number of rotatable bonds is 8. The molecule has 0 bridgehead atoms. The summed E-state index contributed by atoms with van der Waals surface area (Å²) in [4.78, 5) is 5.63. The lowest BCUT2D eigenvalue weighted by molar-refractivity contribution is 0.287. The van der Waals surface area contributed by atoms with Gasteiger partial charge in [0.2, 0.25) is 0 Å². The number of aromatic amines is 1. The van der Waals surface area contributed by atoms with E-state index < -0.39 is 0 Å². The maximum Gasteiger partial charge on any atom is 0.177 e. The van der Waals surface area contributed by atoms with Crippen molar-refractivity contribution in [2.45, 2.75) is 53.0 Å². The molecule has 1 heterocycles. The maximum absolute atomic E-state index is 5.36. The highest BCUT2D eigenvalue weighted by atomic mass is 32.1. The van der Waals surface area contributed by atoms with Crippen LogP contribution in [0.2, 0.25) is 0 Å². The summed E-state index contributed by atoms with van der Waals surface area (Å²) < 4.78 is 3.14. The maximum atomic E-state index is 5.36. The van der Waals surface area contributed by atoms with Crippen LogP contribution >= 0.6 is 12.2 Å². The number of nitrogens with one attached hydrogen (secondary N) is 1. The van der Waals surface area contributed by atoms with E-state index in [9.17, 15) is 0 Å². The Morgan fingerprint density at radius 3 is 2.56 bits per heavy atom. The first kappa shape index (κ1) is 15.4. The Morgan fingerprint density at radius 1 is 1.33 bits per heavy atom. The van der Waals surface area contributed by atoms with Gasteiger partial charge in [0.15, 0.2) is 4.77 Å². The summed E-state index contributed by atoms with van der Waals surface area (Å²) >= 11 is 5.36. The average Bonchev–Trinajstić information content (AvgIpc) is 2.75. The highest BCUT2D eigenvalue weighted by molar-refractivity contribution is 7.71. The smallest absolute Gasteiger partial charge is 0.177 e. The van der Waals surface area contributed by atoms with Crippen LogP contribution < -0.4 is 0 Å². The predicted octanol–water partition coefficient (Wildman–Crippen LogP) is 3.79. The number of aryl methyl sites for hydroxylation is 1. The monoisotopic (exact) mass is 269 g/mol. The van der Waals surface area contributed by atoms with Crippen LogP contribution in [0, 0.1) is 4.77 Å². The van der Waals surface area contributed by atoms with Crippen molar-refractivity contribution in [1.29, 1.82) is 0 Å². The zero-order chi connectivity index (χ0) is 13.5. The number of imidazole rings is 1. The van der Waals surface area contributed by atoms with Gasteiger partial charge >= 0.3 is 0 Å². The first-order valence-electron chi connectivity index (χ1n) is 7.15. The molecule has 0 saturated heterocycles. The highest BCUT2D eigenvalue weighted by Crippen LogP contribution is 2.17. The minimum Gasteiger partial charge on any atom is -0.337 e. The van der Waals surface area contributed by atoms with E-state index in [0.717, 1.165) is 24.3 Å². The average molecular weight is 269 g/mol. The molecule has 0 amide bonds. The van der Waals surface area contributed by atoms with Crippen molar-refractivity contribution in [3.63, 3.8) is 0 Å². The Balaban J connectivity index is 2.52. The second-order valence-electron chi connectivity index (χ2n) is 4.83. The van der Waals surface area contributed by atoms with Gasteiger partial charge in [0, 0.05) is 17.9 Å². The van der Waals surface area contributed by atoms with E-state index in [1.165, 1.54) is 25.1 Å². The molecule has 0 aliphatic rings. The van der Waals surface area contributed by atoms with E-state index in [0.29, 0.717) is 6.04 Å². The third-order valence-electron chi connectivity index (χ3n) is 3.68.